The molecule has 0 bridgehead atoms. The van der Waals surface area contributed by atoms with E-state index in [0.29, 0.717) is 11.3 Å². The molecule has 1 heterocycles. The van der Waals surface area contributed by atoms with Gasteiger partial charge >= 0.3 is 5.97 Å². The SMILES string of the molecule is Cc1ccc(C(C)NC(=O)COC(=O)c2cc(S(=O)(=O)NCc3ccco3)ccc2C)cc1C. The van der Waals surface area contributed by atoms with E-state index in [1.807, 2.05) is 39.0 Å². The molecule has 2 aromatic carbocycles. The van der Waals surface area contributed by atoms with E-state index in [0.717, 1.165) is 16.7 Å². The monoisotopic (exact) mass is 484 g/mol. The smallest absolute Gasteiger partial charge is 0.338 e. The number of sulfonamides is 1. The van der Waals surface area contributed by atoms with Crippen LogP contribution in [0.2, 0.25) is 0 Å². The molecule has 34 heavy (non-hydrogen) atoms. The Bertz CT molecular complexity index is 1280. The normalized spacial score (nSPS) is 12.2. The minimum Gasteiger partial charge on any atom is -0.468 e. The van der Waals surface area contributed by atoms with Crippen molar-refractivity contribution < 1.29 is 27.2 Å². The van der Waals surface area contributed by atoms with Crippen molar-refractivity contribution in [3.8, 4) is 0 Å². The number of nitrogens with one attached hydrogen (secondary N) is 2. The second-order valence-corrected chi connectivity index (χ2v) is 9.86. The van der Waals surface area contributed by atoms with Gasteiger partial charge in [-0.3, -0.25) is 4.79 Å². The summed E-state index contributed by atoms with van der Waals surface area (Å²) in [6.45, 7) is 7.00. The molecule has 0 aliphatic carbocycles. The largest absolute Gasteiger partial charge is 0.468 e. The zero-order valence-electron chi connectivity index (χ0n) is 19.5. The molecule has 1 aromatic heterocycles. The van der Waals surface area contributed by atoms with Crippen molar-refractivity contribution in [2.75, 3.05) is 6.61 Å². The molecule has 0 saturated carbocycles. The number of hydrogen-bond donors (Lipinski definition) is 2. The summed E-state index contributed by atoms with van der Waals surface area (Å²) < 4.78 is 37.9. The third-order valence-corrected chi connectivity index (χ3v) is 6.90. The molecular weight excluding hydrogens is 456 g/mol. The minimum absolute atomic E-state index is 0.0259. The van der Waals surface area contributed by atoms with Gasteiger partial charge in [0.15, 0.2) is 6.61 Å². The number of carbonyl (C=O) groups is 2. The fraction of sp³-hybridized carbons (Fsp3) is 0.280. The Labute approximate surface area is 199 Å². The van der Waals surface area contributed by atoms with E-state index in [1.54, 1.807) is 19.1 Å². The van der Waals surface area contributed by atoms with Crippen LogP contribution >= 0.6 is 0 Å². The summed E-state index contributed by atoms with van der Waals surface area (Å²) in [7, 11) is -3.89. The van der Waals surface area contributed by atoms with E-state index in [-0.39, 0.29) is 23.0 Å². The van der Waals surface area contributed by atoms with Crippen LogP contribution in [0.15, 0.2) is 64.1 Å². The molecule has 0 aliphatic rings. The Morgan fingerprint density at radius 1 is 1.00 bits per heavy atom. The van der Waals surface area contributed by atoms with E-state index >= 15 is 0 Å². The molecule has 0 spiro atoms. The number of aryl methyl sites for hydroxylation is 3. The number of esters is 1. The zero-order valence-corrected chi connectivity index (χ0v) is 20.4. The molecule has 2 N–H and O–H groups in total. The van der Waals surface area contributed by atoms with Gasteiger partial charge in [-0.15, -0.1) is 0 Å². The van der Waals surface area contributed by atoms with Crippen LogP contribution in [0.5, 0.6) is 0 Å². The highest BCUT2D eigenvalue weighted by Gasteiger charge is 2.20. The Kier molecular flexibility index (Phi) is 7.90. The molecule has 9 heteroatoms. The average Bonchev–Trinajstić information content (AvgIpc) is 3.32. The first-order valence-electron chi connectivity index (χ1n) is 10.7. The third-order valence-electron chi connectivity index (χ3n) is 5.50. The summed E-state index contributed by atoms with van der Waals surface area (Å²) in [5, 5.41) is 2.80. The van der Waals surface area contributed by atoms with E-state index in [9.17, 15) is 18.0 Å². The van der Waals surface area contributed by atoms with E-state index in [4.69, 9.17) is 9.15 Å². The fourth-order valence-electron chi connectivity index (χ4n) is 3.26. The molecule has 3 aromatic rings. The van der Waals surface area contributed by atoms with E-state index in [1.165, 1.54) is 24.5 Å². The maximum Gasteiger partial charge on any atom is 0.338 e. The van der Waals surface area contributed by atoms with Gasteiger partial charge in [-0.25, -0.2) is 17.9 Å². The van der Waals surface area contributed by atoms with Crippen LogP contribution < -0.4 is 10.0 Å². The first kappa shape index (κ1) is 25.2. The van der Waals surface area contributed by atoms with Crippen molar-refractivity contribution in [1.29, 1.82) is 0 Å². The van der Waals surface area contributed by atoms with Crippen molar-refractivity contribution in [3.63, 3.8) is 0 Å². The number of rotatable bonds is 9. The Morgan fingerprint density at radius 3 is 2.41 bits per heavy atom. The lowest BCUT2D eigenvalue weighted by atomic mass is 10.0. The van der Waals surface area contributed by atoms with Crippen molar-refractivity contribution in [2.45, 2.75) is 45.2 Å². The number of carbonyl (C=O) groups excluding carboxylic acids is 2. The van der Waals surface area contributed by atoms with Gasteiger partial charge in [0.25, 0.3) is 5.91 Å². The molecule has 8 nitrogen and oxygen atoms in total. The summed E-state index contributed by atoms with van der Waals surface area (Å²) in [4.78, 5) is 24.8. The van der Waals surface area contributed by atoms with Gasteiger partial charge in [-0.2, -0.15) is 0 Å². The van der Waals surface area contributed by atoms with Crippen molar-refractivity contribution >= 4 is 21.9 Å². The van der Waals surface area contributed by atoms with Gasteiger partial charge in [0.1, 0.15) is 5.76 Å². The van der Waals surface area contributed by atoms with Gasteiger partial charge in [-0.05, 0) is 74.2 Å². The molecule has 1 amide bonds. The van der Waals surface area contributed by atoms with Gasteiger partial charge in [0.05, 0.1) is 29.3 Å². The second-order valence-electron chi connectivity index (χ2n) is 8.09. The van der Waals surface area contributed by atoms with Crippen LogP contribution in [0.3, 0.4) is 0 Å². The van der Waals surface area contributed by atoms with Crippen molar-refractivity contribution in [1.82, 2.24) is 10.0 Å². The number of amides is 1. The van der Waals surface area contributed by atoms with Gasteiger partial charge in [0.2, 0.25) is 10.0 Å². The molecule has 1 atom stereocenters. The predicted molar refractivity (Wildman–Crippen MR) is 127 cm³/mol. The van der Waals surface area contributed by atoms with Gasteiger partial charge in [0, 0.05) is 0 Å². The standard InChI is InChI=1S/C25H28N2O6S/c1-16-7-9-20(12-18(16)3)19(4)27-24(28)15-33-25(29)23-13-22(10-8-17(23)2)34(30,31)26-14-21-6-5-11-32-21/h5-13,19,26H,14-15H2,1-4H3,(H,27,28). The number of furan rings is 1. The molecule has 3 rings (SSSR count). The maximum atomic E-state index is 12.6. The second kappa shape index (κ2) is 10.7. The molecule has 180 valence electrons. The summed E-state index contributed by atoms with van der Waals surface area (Å²) in [5.41, 5.74) is 3.81. The highest BCUT2D eigenvalue weighted by molar-refractivity contribution is 7.89. The average molecular weight is 485 g/mol. The minimum atomic E-state index is -3.89. The lowest BCUT2D eigenvalue weighted by Crippen LogP contribution is -2.31. The first-order valence-corrected chi connectivity index (χ1v) is 12.2. The van der Waals surface area contributed by atoms with Crippen molar-refractivity contribution in [3.05, 3.63) is 88.4 Å². The maximum absolute atomic E-state index is 12.6. The van der Waals surface area contributed by atoms with Gasteiger partial charge < -0.3 is 14.5 Å². The lowest BCUT2D eigenvalue weighted by molar-refractivity contribution is -0.124. The van der Waals surface area contributed by atoms with Gasteiger partial charge in [-0.1, -0.05) is 24.3 Å². The van der Waals surface area contributed by atoms with Crippen LogP contribution in [-0.4, -0.2) is 26.9 Å². The van der Waals surface area contributed by atoms with Crippen LogP contribution in [0.25, 0.3) is 0 Å². The van der Waals surface area contributed by atoms with E-state index in [2.05, 4.69) is 10.0 Å². The van der Waals surface area contributed by atoms with E-state index < -0.39 is 28.5 Å². The van der Waals surface area contributed by atoms with Crippen LogP contribution in [0.1, 0.15) is 51.3 Å². The fourth-order valence-corrected chi connectivity index (χ4v) is 4.28. The summed E-state index contributed by atoms with van der Waals surface area (Å²) >= 11 is 0. The first-order chi connectivity index (χ1) is 16.1. The predicted octanol–water partition coefficient (Wildman–Crippen LogP) is 3.72. The lowest BCUT2D eigenvalue weighted by Gasteiger charge is -2.16. The summed E-state index contributed by atoms with van der Waals surface area (Å²) in [5.74, 6) is -0.786. The van der Waals surface area contributed by atoms with Crippen LogP contribution in [0, 0.1) is 20.8 Å². The van der Waals surface area contributed by atoms with Crippen molar-refractivity contribution in [2.24, 2.45) is 0 Å². The highest BCUT2D eigenvalue weighted by atomic mass is 32.2. The molecule has 1 unspecified atom stereocenters. The quantitative estimate of drug-likeness (QED) is 0.448. The Balaban J connectivity index is 1.61. The molecule has 0 radical (unpaired) electrons. The number of benzene rings is 2. The van der Waals surface area contributed by atoms with Crippen LogP contribution in [0.4, 0.5) is 0 Å². The molecule has 0 aliphatic heterocycles. The molecular formula is C25H28N2O6S. The highest BCUT2D eigenvalue weighted by Crippen LogP contribution is 2.18. The van der Waals surface area contributed by atoms with Crippen LogP contribution in [-0.2, 0) is 26.1 Å². The molecule has 0 fully saturated rings. The third kappa shape index (κ3) is 6.33. The summed E-state index contributed by atoms with van der Waals surface area (Å²) in [6.07, 6.45) is 1.45. The molecule has 0 saturated heterocycles. The zero-order chi connectivity index (χ0) is 24.9. The number of ether oxygens (including phenoxy) is 1. The topological polar surface area (TPSA) is 115 Å². The Hall–Kier alpha value is -3.43. The number of hydrogen-bond acceptors (Lipinski definition) is 6. The Morgan fingerprint density at radius 2 is 1.74 bits per heavy atom. The summed E-state index contributed by atoms with van der Waals surface area (Å²) in [6, 6.07) is 13.1.